The predicted molar refractivity (Wildman–Crippen MR) is 75.7 cm³/mol. The molecule has 20 heavy (non-hydrogen) atoms. The molecule has 0 heterocycles. The average Bonchev–Trinajstić information content (AvgIpc) is 2.41. The van der Waals surface area contributed by atoms with Crippen molar-refractivity contribution in [2.75, 3.05) is 12.3 Å². The monoisotopic (exact) mass is 280 g/mol. The van der Waals surface area contributed by atoms with E-state index in [0.29, 0.717) is 5.92 Å². The lowest BCUT2D eigenvalue weighted by Crippen LogP contribution is -2.53. The van der Waals surface area contributed by atoms with Gasteiger partial charge < -0.3 is 16.2 Å². The Morgan fingerprint density at radius 1 is 1.60 bits per heavy atom. The second kappa shape index (κ2) is 5.79. The van der Waals surface area contributed by atoms with Crippen molar-refractivity contribution in [2.45, 2.75) is 38.1 Å². The Hall–Kier alpha value is -1.62. The molecule has 0 saturated heterocycles. The standard InChI is InChI=1S/C15H21FN2O2/c1-10-3-2-6-15(8-10,9-19)18-14(20)11-4-5-13(17)12(16)7-11/h4-5,7,10,19H,2-3,6,8-9,17H2,1H3,(H,18,20). The van der Waals surface area contributed by atoms with Crippen molar-refractivity contribution in [3.05, 3.63) is 29.6 Å². The van der Waals surface area contributed by atoms with Crippen molar-refractivity contribution >= 4 is 11.6 Å². The maximum absolute atomic E-state index is 13.4. The van der Waals surface area contributed by atoms with Gasteiger partial charge in [-0.05, 0) is 37.0 Å². The molecule has 1 amide bonds. The molecule has 0 aromatic heterocycles. The lowest BCUT2D eigenvalue weighted by Gasteiger charge is -2.39. The highest BCUT2D eigenvalue weighted by molar-refractivity contribution is 5.95. The van der Waals surface area contributed by atoms with Gasteiger partial charge in [-0.2, -0.15) is 0 Å². The zero-order chi connectivity index (χ0) is 14.8. The molecular formula is C15H21FN2O2. The molecule has 0 aliphatic heterocycles. The molecule has 0 radical (unpaired) electrons. The van der Waals surface area contributed by atoms with Gasteiger partial charge in [-0.15, -0.1) is 0 Å². The number of nitrogens with two attached hydrogens (primary N) is 1. The molecule has 1 aromatic carbocycles. The number of nitrogen functional groups attached to an aromatic ring is 1. The van der Waals surface area contributed by atoms with E-state index in [1.54, 1.807) is 0 Å². The van der Waals surface area contributed by atoms with Crippen LogP contribution >= 0.6 is 0 Å². The van der Waals surface area contributed by atoms with Gasteiger partial charge in [0.25, 0.3) is 5.91 Å². The second-order valence-corrected chi connectivity index (χ2v) is 5.83. The summed E-state index contributed by atoms with van der Waals surface area (Å²) in [6.45, 7) is 2.01. The maximum atomic E-state index is 13.4. The average molecular weight is 280 g/mol. The molecule has 4 nitrogen and oxygen atoms in total. The Kier molecular flexibility index (Phi) is 4.28. The number of halogens is 1. The molecule has 2 rings (SSSR count). The SMILES string of the molecule is CC1CCCC(CO)(NC(=O)c2ccc(N)c(F)c2)C1. The molecule has 1 saturated carbocycles. The fourth-order valence-corrected chi connectivity index (χ4v) is 2.94. The van der Waals surface area contributed by atoms with Gasteiger partial charge in [-0.3, -0.25) is 4.79 Å². The molecule has 5 heteroatoms. The molecular weight excluding hydrogens is 259 g/mol. The highest BCUT2D eigenvalue weighted by Gasteiger charge is 2.36. The van der Waals surface area contributed by atoms with Crippen LogP contribution in [0.15, 0.2) is 18.2 Å². The third-order valence-electron chi connectivity index (χ3n) is 4.04. The molecule has 110 valence electrons. The number of carbonyl (C=O) groups is 1. The molecule has 4 N–H and O–H groups in total. The molecule has 2 unspecified atom stereocenters. The Balaban J connectivity index is 2.14. The third kappa shape index (κ3) is 3.10. The van der Waals surface area contributed by atoms with Crippen molar-refractivity contribution in [3.63, 3.8) is 0 Å². The van der Waals surface area contributed by atoms with E-state index in [-0.39, 0.29) is 23.8 Å². The molecule has 1 fully saturated rings. The van der Waals surface area contributed by atoms with Crippen LogP contribution in [0, 0.1) is 11.7 Å². The summed E-state index contributed by atoms with van der Waals surface area (Å²) >= 11 is 0. The summed E-state index contributed by atoms with van der Waals surface area (Å²) in [5, 5.41) is 12.5. The van der Waals surface area contributed by atoms with Crippen molar-refractivity contribution < 1.29 is 14.3 Å². The van der Waals surface area contributed by atoms with Crippen LogP contribution in [0.2, 0.25) is 0 Å². The highest BCUT2D eigenvalue weighted by atomic mass is 19.1. The number of carbonyl (C=O) groups excluding carboxylic acids is 1. The van der Waals surface area contributed by atoms with Gasteiger partial charge in [0.05, 0.1) is 17.8 Å². The van der Waals surface area contributed by atoms with Gasteiger partial charge in [0.2, 0.25) is 0 Å². The summed E-state index contributed by atoms with van der Waals surface area (Å²) in [5.74, 6) is -0.515. The molecule has 2 atom stereocenters. The number of anilines is 1. The van der Waals surface area contributed by atoms with Gasteiger partial charge in [-0.25, -0.2) is 4.39 Å². The Morgan fingerprint density at radius 2 is 2.35 bits per heavy atom. The molecule has 0 bridgehead atoms. The largest absolute Gasteiger partial charge is 0.396 e. The number of hydrogen-bond acceptors (Lipinski definition) is 3. The summed E-state index contributed by atoms with van der Waals surface area (Å²) in [7, 11) is 0. The second-order valence-electron chi connectivity index (χ2n) is 5.83. The number of hydrogen-bond donors (Lipinski definition) is 3. The molecule has 0 spiro atoms. The number of aliphatic hydroxyl groups excluding tert-OH is 1. The van der Waals surface area contributed by atoms with Crippen LogP contribution < -0.4 is 11.1 Å². The fraction of sp³-hybridized carbons (Fsp3) is 0.533. The van der Waals surface area contributed by atoms with Crippen LogP contribution in [-0.2, 0) is 0 Å². The normalized spacial score (nSPS) is 26.2. The lowest BCUT2D eigenvalue weighted by molar-refractivity contribution is 0.0696. The van der Waals surface area contributed by atoms with Gasteiger partial charge in [0.1, 0.15) is 5.82 Å². The Labute approximate surface area is 118 Å². The first-order valence-corrected chi connectivity index (χ1v) is 6.94. The fourth-order valence-electron chi connectivity index (χ4n) is 2.94. The van der Waals surface area contributed by atoms with Crippen molar-refractivity contribution in [1.29, 1.82) is 0 Å². The first kappa shape index (κ1) is 14.8. The lowest BCUT2D eigenvalue weighted by atomic mass is 9.76. The van der Waals surface area contributed by atoms with Crippen molar-refractivity contribution in [3.8, 4) is 0 Å². The smallest absolute Gasteiger partial charge is 0.251 e. The van der Waals surface area contributed by atoms with Crippen LogP contribution in [-0.4, -0.2) is 23.2 Å². The topological polar surface area (TPSA) is 75.3 Å². The minimum Gasteiger partial charge on any atom is -0.396 e. The Morgan fingerprint density at radius 3 is 2.95 bits per heavy atom. The minimum atomic E-state index is -0.604. The summed E-state index contributed by atoms with van der Waals surface area (Å²) in [5.41, 5.74) is 5.05. The molecule has 1 aliphatic rings. The van der Waals surface area contributed by atoms with Crippen LogP contribution in [0.5, 0.6) is 0 Å². The first-order valence-electron chi connectivity index (χ1n) is 6.94. The molecule has 1 aromatic rings. The van der Waals surface area contributed by atoms with E-state index in [9.17, 15) is 14.3 Å². The van der Waals surface area contributed by atoms with Crippen LogP contribution in [0.1, 0.15) is 43.0 Å². The summed E-state index contributed by atoms with van der Waals surface area (Å²) < 4.78 is 13.4. The van der Waals surface area contributed by atoms with E-state index in [0.717, 1.165) is 31.7 Å². The summed E-state index contributed by atoms with van der Waals surface area (Å²) in [4.78, 5) is 12.2. The zero-order valence-electron chi connectivity index (χ0n) is 11.7. The Bertz CT molecular complexity index is 507. The first-order chi connectivity index (χ1) is 9.46. The highest BCUT2D eigenvalue weighted by Crippen LogP contribution is 2.32. The quantitative estimate of drug-likeness (QED) is 0.742. The number of benzene rings is 1. The van der Waals surface area contributed by atoms with E-state index < -0.39 is 11.4 Å². The summed E-state index contributed by atoms with van der Waals surface area (Å²) in [6, 6.07) is 3.99. The van der Waals surface area contributed by atoms with Crippen molar-refractivity contribution in [1.82, 2.24) is 5.32 Å². The van der Waals surface area contributed by atoms with Gasteiger partial charge >= 0.3 is 0 Å². The van der Waals surface area contributed by atoms with E-state index in [1.165, 1.54) is 12.1 Å². The van der Waals surface area contributed by atoms with E-state index in [4.69, 9.17) is 5.73 Å². The van der Waals surface area contributed by atoms with Crippen LogP contribution in [0.3, 0.4) is 0 Å². The van der Waals surface area contributed by atoms with E-state index in [1.807, 2.05) is 0 Å². The number of aliphatic hydroxyl groups is 1. The minimum absolute atomic E-state index is 0.0183. The number of rotatable bonds is 3. The van der Waals surface area contributed by atoms with Gasteiger partial charge in [-0.1, -0.05) is 19.8 Å². The van der Waals surface area contributed by atoms with Crippen molar-refractivity contribution in [2.24, 2.45) is 5.92 Å². The van der Waals surface area contributed by atoms with Crippen LogP contribution in [0.25, 0.3) is 0 Å². The van der Waals surface area contributed by atoms with E-state index >= 15 is 0 Å². The number of nitrogens with one attached hydrogen (secondary N) is 1. The van der Waals surface area contributed by atoms with Crippen LogP contribution in [0.4, 0.5) is 10.1 Å². The zero-order valence-corrected chi connectivity index (χ0v) is 11.7. The van der Waals surface area contributed by atoms with Gasteiger partial charge in [0, 0.05) is 5.56 Å². The van der Waals surface area contributed by atoms with E-state index in [2.05, 4.69) is 12.2 Å². The maximum Gasteiger partial charge on any atom is 0.251 e. The summed E-state index contributed by atoms with van der Waals surface area (Å²) in [6.07, 6.45) is 3.57. The number of amides is 1. The van der Waals surface area contributed by atoms with Gasteiger partial charge in [0.15, 0.2) is 0 Å². The predicted octanol–water partition coefficient (Wildman–Crippen LogP) is 2.08. The third-order valence-corrected chi connectivity index (χ3v) is 4.04. The molecule has 1 aliphatic carbocycles.